The minimum absolute atomic E-state index is 0. The normalized spacial score (nSPS) is 5.14. The Morgan fingerprint density at radius 3 is 1.14 bits per heavy atom. The van der Waals surface area contributed by atoms with E-state index < -0.39 is 0 Å². The van der Waals surface area contributed by atoms with Crippen molar-refractivity contribution in [2.75, 3.05) is 0 Å². The Morgan fingerprint density at radius 2 is 1.14 bits per heavy atom. The summed E-state index contributed by atoms with van der Waals surface area (Å²) < 4.78 is 0. The smallest absolute Gasteiger partial charge is 0.358 e. The van der Waals surface area contributed by atoms with Gasteiger partial charge >= 0.3 is 20.4 Å². The van der Waals surface area contributed by atoms with Crippen LogP contribution in [0.1, 0.15) is 13.8 Å². The molecular formula is C5H15PPd. The molecule has 0 saturated carbocycles. The monoisotopic (exact) mass is 212 g/mol. The zero-order valence-corrected chi connectivity index (χ0v) is 8.18. The largest absolute Gasteiger partial charge is 2.00 e. The minimum Gasteiger partial charge on any atom is -0.358 e. The Bertz CT molecular complexity index is 12.8. The van der Waals surface area contributed by atoms with Crippen LogP contribution in [0.5, 0.6) is 0 Å². The molecule has 0 nitrogen and oxygen atoms in total. The van der Waals surface area contributed by atoms with Crippen molar-refractivity contribution in [3.8, 4) is 0 Å². The van der Waals surface area contributed by atoms with Gasteiger partial charge in [-0.2, -0.15) is 0 Å². The molecule has 7 heavy (non-hydrogen) atoms. The molecule has 0 spiro atoms. The first-order valence-electron chi connectivity index (χ1n) is 1.49. The summed E-state index contributed by atoms with van der Waals surface area (Å²) in [6, 6.07) is 0. The van der Waals surface area contributed by atoms with Gasteiger partial charge in [0.2, 0.25) is 0 Å². The van der Waals surface area contributed by atoms with Crippen LogP contribution in [0, 0.1) is 14.9 Å². The van der Waals surface area contributed by atoms with Gasteiger partial charge in [-0.15, -0.1) is 9.24 Å². The maximum Gasteiger partial charge on any atom is 2.00 e. The van der Waals surface area contributed by atoms with Crippen LogP contribution in [0.25, 0.3) is 0 Å². The van der Waals surface area contributed by atoms with E-state index in [0.717, 1.165) is 5.66 Å². The second-order valence-electron chi connectivity index (χ2n) is 1.24. The zero-order chi connectivity index (χ0) is 3.58. The van der Waals surface area contributed by atoms with Gasteiger partial charge in [0.15, 0.2) is 0 Å². The van der Waals surface area contributed by atoms with E-state index in [9.17, 15) is 0 Å². The molecule has 0 saturated heterocycles. The van der Waals surface area contributed by atoms with Crippen LogP contribution in [-0.4, -0.2) is 5.66 Å². The van der Waals surface area contributed by atoms with Crippen LogP contribution >= 0.6 is 9.24 Å². The summed E-state index contributed by atoms with van der Waals surface area (Å²) in [5, 5.41) is 0. The van der Waals surface area contributed by atoms with E-state index in [2.05, 4.69) is 23.1 Å². The molecule has 0 rings (SSSR count). The molecule has 0 aromatic carbocycles. The average Bonchev–Trinajstić information content (AvgIpc) is 0.811. The van der Waals surface area contributed by atoms with E-state index in [-0.39, 0.29) is 35.3 Å². The van der Waals surface area contributed by atoms with E-state index in [1.54, 1.807) is 0 Å². The summed E-state index contributed by atoms with van der Waals surface area (Å²) in [4.78, 5) is 0. The molecule has 1 atom stereocenters. The van der Waals surface area contributed by atoms with Crippen molar-refractivity contribution in [3.05, 3.63) is 14.9 Å². The topological polar surface area (TPSA) is 0 Å². The number of rotatable bonds is 0. The third-order valence-electron chi connectivity index (χ3n) is 0. The Balaban J connectivity index is -0.0000000150. The first kappa shape index (κ1) is 24.3. The average molecular weight is 213 g/mol. The second kappa shape index (κ2) is 15.7. The van der Waals surface area contributed by atoms with Gasteiger partial charge in [0.25, 0.3) is 0 Å². The van der Waals surface area contributed by atoms with E-state index in [1.165, 1.54) is 0 Å². The van der Waals surface area contributed by atoms with Gasteiger partial charge in [0.1, 0.15) is 0 Å². The van der Waals surface area contributed by atoms with Crippen LogP contribution in [-0.2, 0) is 20.4 Å². The van der Waals surface area contributed by atoms with E-state index in [0.29, 0.717) is 0 Å². The van der Waals surface area contributed by atoms with Gasteiger partial charge in [-0.3, -0.25) is 0 Å². The fourth-order valence-corrected chi connectivity index (χ4v) is 0. The zero-order valence-electron chi connectivity index (χ0n) is 5.47. The fraction of sp³-hybridized carbons (Fsp3) is 0.600. The van der Waals surface area contributed by atoms with Crippen molar-refractivity contribution in [1.82, 2.24) is 0 Å². The summed E-state index contributed by atoms with van der Waals surface area (Å²) in [5.41, 5.74) is 0.750. The van der Waals surface area contributed by atoms with Crippen molar-refractivity contribution in [2.24, 2.45) is 0 Å². The summed E-state index contributed by atoms with van der Waals surface area (Å²) in [5.74, 6) is 0. The van der Waals surface area contributed by atoms with Crippen LogP contribution in [0.4, 0.5) is 0 Å². The minimum atomic E-state index is 0. The van der Waals surface area contributed by atoms with E-state index in [4.69, 9.17) is 0 Å². The quantitative estimate of drug-likeness (QED) is 0.328. The molecule has 0 fully saturated rings. The molecule has 1 unspecified atom stereocenters. The first-order chi connectivity index (χ1) is 1.73. The number of hydrogen-bond donors (Lipinski definition) is 0. The van der Waals surface area contributed by atoms with Crippen molar-refractivity contribution < 1.29 is 20.4 Å². The van der Waals surface area contributed by atoms with Crippen molar-refractivity contribution in [2.45, 2.75) is 19.5 Å². The third-order valence-corrected chi connectivity index (χ3v) is 0. The van der Waals surface area contributed by atoms with Gasteiger partial charge in [-0.25, -0.2) is 0 Å². The molecular weight excluding hydrogens is 197 g/mol. The van der Waals surface area contributed by atoms with Gasteiger partial charge in [-0.1, -0.05) is 13.8 Å². The molecule has 0 aromatic heterocycles. The van der Waals surface area contributed by atoms with Crippen molar-refractivity contribution >= 4 is 9.24 Å². The fourth-order valence-electron chi connectivity index (χ4n) is 0. The second-order valence-corrected chi connectivity index (χ2v) is 2.58. The predicted octanol–water partition coefficient (Wildman–Crippen LogP) is 2.17. The SMILES string of the molecule is CC(C)P.[CH3-].[CH3-].[Pd+2]. The molecule has 0 amide bonds. The Labute approximate surface area is 64.3 Å². The van der Waals surface area contributed by atoms with Crippen molar-refractivity contribution in [3.63, 3.8) is 0 Å². The van der Waals surface area contributed by atoms with Crippen LogP contribution in [0.15, 0.2) is 0 Å². The molecule has 0 aliphatic heterocycles. The molecule has 0 bridgehead atoms. The molecule has 2 heteroatoms. The molecule has 0 heterocycles. The summed E-state index contributed by atoms with van der Waals surface area (Å²) in [6.45, 7) is 4.26. The van der Waals surface area contributed by atoms with Gasteiger partial charge in [0, 0.05) is 0 Å². The molecule has 0 aromatic rings. The predicted molar refractivity (Wildman–Crippen MR) is 37.7 cm³/mol. The summed E-state index contributed by atoms with van der Waals surface area (Å²) in [6.07, 6.45) is 0. The first-order valence-corrected chi connectivity index (χ1v) is 2.15. The van der Waals surface area contributed by atoms with Gasteiger partial charge < -0.3 is 14.9 Å². The Hall–Kier alpha value is 1.09. The molecule has 50 valence electrons. The van der Waals surface area contributed by atoms with Crippen LogP contribution in [0.2, 0.25) is 0 Å². The van der Waals surface area contributed by atoms with E-state index >= 15 is 0 Å². The summed E-state index contributed by atoms with van der Waals surface area (Å²) >= 11 is 0. The van der Waals surface area contributed by atoms with Gasteiger partial charge in [-0.05, 0) is 5.66 Å². The molecule has 0 aliphatic rings. The van der Waals surface area contributed by atoms with E-state index in [1.807, 2.05) is 0 Å². The maximum absolute atomic E-state index is 2.66. The van der Waals surface area contributed by atoms with Crippen molar-refractivity contribution in [1.29, 1.82) is 0 Å². The van der Waals surface area contributed by atoms with Crippen LogP contribution < -0.4 is 0 Å². The molecule has 0 N–H and O–H groups in total. The van der Waals surface area contributed by atoms with Gasteiger partial charge in [0.05, 0.1) is 0 Å². The standard InChI is InChI=1S/C3H9P.2CH3.Pd/c1-3(2)4;;;/h3H,4H2,1-2H3;2*1H3;/q;2*-1;+2. The van der Waals surface area contributed by atoms with Crippen LogP contribution in [0.3, 0.4) is 0 Å². The molecule has 0 radical (unpaired) electrons. The Morgan fingerprint density at radius 1 is 1.14 bits per heavy atom. The maximum atomic E-state index is 2.66. The summed E-state index contributed by atoms with van der Waals surface area (Å²) in [7, 11) is 2.66. The molecule has 0 aliphatic carbocycles. The third kappa shape index (κ3) is 154. The Kier molecular flexibility index (Phi) is 54.6. The number of hydrogen-bond acceptors (Lipinski definition) is 0.